The number of nitrogens with one attached hydrogen (secondary N) is 2. The number of amides is 1. The van der Waals surface area contributed by atoms with Crippen LogP contribution in [0, 0.1) is 12.8 Å². The number of carbonyl (C=O) groups is 1. The van der Waals surface area contributed by atoms with Gasteiger partial charge in [-0.3, -0.25) is 20.0 Å². The van der Waals surface area contributed by atoms with Gasteiger partial charge in [0.25, 0.3) is 11.3 Å². The molecule has 2 heterocycles. The minimum absolute atomic E-state index is 0.0258. The van der Waals surface area contributed by atoms with Gasteiger partial charge < -0.3 is 0 Å². The molecule has 2 aromatic rings. The molecule has 2 N–H and O–H groups in total. The maximum absolute atomic E-state index is 11.8. The number of fused-ring (bicyclic) bond motifs is 1. The quantitative estimate of drug-likeness (QED) is 0.850. The lowest BCUT2D eigenvalue weighted by atomic mass is 10.2. The van der Waals surface area contributed by atoms with Crippen molar-refractivity contribution in [3.63, 3.8) is 0 Å². The van der Waals surface area contributed by atoms with Crippen LogP contribution in [-0.2, 0) is 4.79 Å². The summed E-state index contributed by atoms with van der Waals surface area (Å²) < 4.78 is 1.09. The molecular formula is C10H12ClN5O2. The molecule has 96 valence electrons. The first kappa shape index (κ1) is 12.6. The molecule has 8 heteroatoms. The first-order valence-corrected chi connectivity index (χ1v) is 5.73. The maximum Gasteiger partial charge on any atom is 0.293 e. The van der Waals surface area contributed by atoms with E-state index in [1.54, 1.807) is 20.8 Å². The van der Waals surface area contributed by atoms with E-state index >= 15 is 0 Å². The van der Waals surface area contributed by atoms with E-state index in [0.717, 1.165) is 4.52 Å². The largest absolute Gasteiger partial charge is 0.295 e. The topological polar surface area (TPSA) is 92.2 Å². The van der Waals surface area contributed by atoms with Crippen molar-refractivity contribution < 1.29 is 4.79 Å². The third-order valence-corrected chi connectivity index (χ3v) is 2.81. The predicted molar refractivity (Wildman–Crippen MR) is 66.8 cm³/mol. The Hall–Kier alpha value is -1.89. The predicted octanol–water partition coefficient (Wildman–Crippen LogP) is 0.974. The van der Waals surface area contributed by atoms with Crippen molar-refractivity contribution in [1.29, 1.82) is 0 Å². The summed E-state index contributed by atoms with van der Waals surface area (Å²) in [5, 5.41) is 5.21. The van der Waals surface area contributed by atoms with Crippen molar-refractivity contribution in [2.45, 2.75) is 20.8 Å². The van der Waals surface area contributed by atoms with Crippen LogP contribution in [0.25, 0.3) is 5.78 Å². The van der Waals surface area contributed by atoms with Crippen LogP contribution in [0.15, 0.2) is 4.79 Å². The van der Waals surface area contributed by atoms with Crippen molar-refractivity contribution in [2.75, 3.05) is 5.32 Å². The van der Waals surface area contributed by atoms with Crippen LogP contribution in [0.3, 0.4) is 0 Å². The van der Waals surface area contributed by atoms with Gasteiger partial charge in [-0.2, -0.15) is 9.50 Å². The summed E-state index contributed by atoms with van der Waals surface area (Å²) >= 11 is 5.79. The molecule has 0 atom stereocenters. The van der Waals surface area contributed by atoms with Gasteiger partial charge in [0.15, 0.2) is 0 Å². The molecule has 0 aliphatic heterocycles. The molecule has 7 nitrogen and oxygen atoms in total. The standard InChI is InChI=1S/C10H12ClN5O2/c1-4(2)7(17)13-9-14-10-12-5(3)6(11)8(18)16(10)15-9/h4H,1-3H3,(H2,12,13,14,15,17). The highest BCUT2D eigenvalue weighted by molar-refractivity contribution is 6.31. The van der Waals surface area contributed by atoms with Gasteiger partial charge in [0.2, 0.25) is 11.9 Å². The maximum atomic E-state index is 11.8. The SMILES string of the molecule is Cc1nc2nc(NC(=O)C(C)C)[nH]n2c(=O)c1Cl. The van der Waals surface area contributed by atoms with E-state index in [4.69, 9.17) is 11.6 Å². The molecule has 0 aliphatic carbocycles. The highest BCUT2D eigenvalue weighted by Crippen LogP contribution is 2.09. The number of hydrogen-bond acceptors (Lipinski definition) is 4. The molecule has 2 aromatic heterocycles. The summed E-state index contributed by atoms with van der Waals surface area (Å²) in [6.45, 7) is 5.12. The second kappa shape index (κ2) is 4.41. The highest BCUT2D eigenvalue weighted by Gasteiger charge is 2.14. The van der Waals surface area contributed by atoms with Gasteiger partial charge in [-0.1, -0.05) is 25.4 Å². The lowest BCUT2D eigenvalue weighted by molar-refractivity contribution is -0.118. The van der Waals surface area contributed by atoms with Gasteiger partial charge in [0.05, 0.1) is 5.69 Å². The Labute approximate surface area is 107 Å². The lowest BCUT2D eigenvalue weighted by Gasteiger charge is -2.02. The number of aryl methyl sites for hydroxylation is 1. The number of aromatic nitrogens is 4. The Morgan fingerprint density at radius 2 is 2.11 bits per heavy atom. The van der Waals surface area contributed by atoms with E-state index in [0.29, 0.717) is 5.69 Å². The zero-order valence-electron chi connectivity index (χ0n) is 10.1. The van der Waals surface area contributed by atoms with Crippen molar-refractivity contribution in [2.24, 2.45) is 5.92 Å². The monoisotopic (exact) mass is 269 g/mol. The highest BCUT2D eigenvalue weighted by atomic mass is 35.5. The molecule has 0 saturated carbocycles. The van der Waals surface area contributed by atoms with Gasteiger partial charge >= 0.3 is 0 Å². The van der Waals surface area contributed by atoms with Crippen LogP contribution >= 0.6 is 11.6 Å². The molecule has 0 fully saturated rings. The lowest BCUT2D eigenvalue weighted by Crippen LogP contribution is -2.19. The fraction of sp³-hybridized carbons (Fsp3) is 0.400. The van der Waals surface area contributed by atoms with Crippen molar-refractivity contribution in [3.05, 3.63) is 21.1 Å². The summed E-state index contributed by atoms with van der Waals surface area (Å²) in [6, 6.07) is 0. The Morgan fingerprint density at radius 1 is 1.44 bits per heavy atom. The van der Waals surface area contributed by atoms with E-state index in [-0.39, 0.29) is 28.6 Å². The van der Waals surface area contributed by atoms with Crippen molar-refractivity contribution >= 4 is 29.2 Å². The average Bonchev–Trinajstić information content (AvgIpc) is 2.68. The second-order valence-electron chi connectivity index (χ2n) is 4.17. The Balaban J connectivity index is 2.48. The number of H-pyrrole nitrogens is 1. The van der Waals surface area contributed by atoms with E-state index in [1.165, 1.54) is 0 Å². The van der Waals surface area contributed by atoms with Gasteiger partial charge in [-0.15, -0.1) is 0 Å². The third kappa shape index (κ3) is 2.08. The van der Waals surface area contributed by atoms with Crippen LogP contribution < -0.4 is 10.9 Å². The molecule has 0 aliphatic rings. The zero-order valence-corrected chi connectivity index (χ0v) is 10.9. The first-order chi connectivity index (χ1) is 8.40. The second-order valence-corrected chi connectivity index (χ2v) is 4.55. The summed E-state index contributed by atoms with van der Waals surface area (Å²) in [6.07, 6.45) is 0. The van der Waals surface area contributed by atoms with E-state index in [2.05, 4.69) is 20.4 Å². The molecule has 0 saturated heterocycles. The Bertz CT molecular complexity index is 673. The molecule has 0 radical (unpaired) electrons. The number of aromatic amines is 1. The van der Waals surface area contributed by atoms with Crippen molar-refractivity contribution in [3.8, 4) is 0 Å². The van der Waals surface area contributed by atoms with Gasteiger partial charge in [0.1, 0.15) is 5.02 Å². The number of nitrogens with zero attached hydrogens (tertiary/aromatic N) is 3. The average molecular weight is 270 g/mol. The third-order valence-electron chi connectivity index (χ3n) is 2.37. The molecule has 1 amide bonds. The van der Waals surface area contributed by atoms with Crippen molar-refractivity contribution in [1.82, 2.24) is 19.6 Å². The van der Waals surface area contributed by atoms with Gasteiger partial charge in [-0.25, -0.2) is 4.98 Å². The zero-order chi connectivity index (χ0) is 13.4. The fourth-order valence-electron chi connectivity index (χ4n) is 1.32. The molecule has 18 heavy (non-hydrogen) atoms. The van der Waals surface area contributed by atoms with Gasteiger partial charge in [0, 0.05) is 5.92 Å². The summed E-state index contributed by atoms with van der Waals surface area (Å²) in [5.74, 6) is -0.0564. The van der Waals surface area contributed by atoms with Crippen LogP contribution in [0.5, 0.6) is 0 Å². The molecule has 2 rings (SSSR count). The smallest absolute Gasteiger partial charge is 0.293 e. The number of halogens is 1. The minimum atomic E-state index is -0.447. The van der Waals surface area contributed by atoms with Crippen LogP contribution in [-0.4, -0.2) is 25.5 Å². The van der Waals surface area contributed by atoms with E-state index < -0.39 is 5.56 Å². The molecule has 0 unspecified atom stereocenters. The molecular weight excluding hydrogens is 258 g/mol. The Morgan fingerprint density at radius 3 is 2.72 bits per heavy atom. The normalized spacial score (nSPS) is 11.2. The molecule has 0 spiro atoms. The molecule has 0 aromatic carbocycles. The number of anilines is 1. The van der Waals surface area contributed by atoms with E-state index in [9.17, 15) is 9.59 Å². The Kier molecular flexibility index (Phi) is 3.08. The number of carbonyl (C=O) groups excluding carboxylic acids is 1. The minimum Gasteiger partial charge on any atom is -0.295 e. The van der Waals surface area contributed by atoms with Gasteiger partial charge in [-0.05, 0) is 6.92 Å². The summed E-state index contributed by atoms with van der Waals surface area (Å²) in [4.78, 5) is 31.3. The first-order valence-electron chi connectivity index (χ1n) is 5.36. The van der Waals surface area contributed by atoms with E-state index in [1.807, 2.05) is 0 Å². The number of rotatable bonds is 2. The van der Waals surface area contributed by atoms with Crippen LogP contribution in [0.1, 0.15) is 19.5 Å². The molecule has 0 bridgehead atoms. The summed E-state index contributed by atoms with van der Waals surface area (Å²) in [7, 11) is 0. The number of hydrogen-bond donors (Lipinski definition) is 2. The fourth-order valence-corrected chi connectivity index (χ4v) is 1.44. The van der Waals surface area contributed by atoms with Crippen LogP contribution in [0.2, 0.25) is 5.02 Å². The van der Waals surface area contributed by atoms with Crippen LogP contribution in [0.4, 0.5) is 5.95 Å². The summed E-state index contributed by atoms with van der Waals surface area (Å²) in [5.41, 5.74) is -0.0494.